The summed E-state index contributed by atoms with van der Waals surface area (Å²) in [6.07, 6.45) is 3.38. The molecule has 2 aromatic rings. The smallest absolute Gasteiger partial charge is 0.343 e. The third-order valence-electron chi connectivity index (χ3n) is 5.26. The van der Waals surface area contributed by atoms with E-state index in [0.717, 1.165) is 4.90 Å². The molecule has 0 saturated carbocycles. The minimum atomic E-state index is -0.910. The van der Waals surface area contributed by atoms with Crippen molar-refractivity contribution in [2.75, 3.05) is 31.8 Å². The van der Waals surface area contributed by atoms with Crippen molar-refractivity contribution in [2.24, 2.45) is 0 Å². The van der Waals surface area contributed by atoms with E-state index in [9.17, 15) is 19.2 Å². The summed E-state index contributed by atoms with van der Waals surface area (Å²) in [7, 11) is 1.26. The Balaban J connectivity index is 2.05. The molecule has 1 aliphatic heterocycles. The second kappa shape index (κ2) is 12.9. The molecular weight excluding hydrogens is 560 g/mol. The highest BCUT2D eigenvalue weighted by molar-refractivity contribution is 9.10. The number of amides is 4. The van der Waals surface area contributed by atoms with Crippen LogP contribution < -0.4 is 24.4 Å². The first-order chi connectivity index (χ1) is 18.2. The number of rotatable bonds is 11. The van der Waals surface area contributed by atoms with Crippen LogP contribution >= 0.6 is 15.9 Å². The van der Waals surface area contributed by atoms with E-state index in [1.54, 1.807) is 44.2 Å². The van der Waals surface area contributed by atoms with Gasteiger partial charge in [0.25, 0.3) is 11.8 Å². The number of carbonyl (C=O) groups is 4. The van der Waals surface area contributed by atoms with Crippen molar-refractivity contribution in [1.82, 2.24) is 5.32 Å². The predicted molar refractivity (Wildman–Crippen MR) is 143 cm³/mol. The molecule has 200 valence electrons. The average molecular weight is 587 g/mol. The monoisotopic (exact) mass is 586 g/mol. The van der Waals surface area contributed by atoms with Gasteiger partial charge in [-0.25, -0.2) is 14.5 Å². The van der Waals surface area contributed by atoms with Gasteiger partial charge in [0.05, 0.1) is 30.5 Å². The van der Waals surface area contributed by atoms with E-state index in [0.29, 0.717) is 40.1 Å². The van der Waals surface area contributed by atoms with Gasteiger partial charge in [-0.15, -0.1) is 6.58 Å². The topological polar surface area (TPSA) is 120 Å². The van der Waals surface area contributed by atoms with Gasteiger partial charge in [-0.05, 0) is 77.7 Å². The van der Waals surface area contributed by atoms with Crippen LogP contribution in [0.2, 0.25) is 0 Å². The van der Waals surface area contributed by atoms with E-state index >= 15 is 0 Å². The molecule has 11 heteroatoms. The number of anilines is 1. The summed E-state index contributed by atoms with van der Waals surface area (Å²) in [6, 6.07) is 7.16. The fourth-order valence-electron chi connectivity index (χ4n) is 3.66. The highest BCUT2D eigenvalue weighted by Gasteiger charge is 2.38. The molecule has 0 atom stereocenters. The zero-order chi connectivity index (χ0) is 27.8. The number of benzene rings is 2. The molecule has 0 radical (unpaired) electrons. The number of nitrogens with zero attached hydrogens (tertiary/aromatic N) is 1. The van der Waals surface area contributed by atoms with Crippen LogP contribution in [0.5, 0.6) is 17.2 Å². The first-order valence-corrected chi connectivity index (χ1v) is 12.5. The second-order valence-electron chi connectivity index (χ2n) is 7.80. The summed E-state index contributed by atoms with van der Waals surface area (Å²) in [4.78, 5) is 51.5. The summed E-state index contributed by atoms with van der Waals surface area (Å²) in [5.74, 6) is -1.14. The van der Waals surface area contributed by atoms with E-state index in [1.807, 2.05) is 0 Å². The van der Waals surface area contributed by atoms with Crippen molar-refractivity contribution in [3.63, 3.8) is 0 Å². The first-order valence-electron chi connectivity index (χ1n) is 11.7. The Morgan fingerprint density at radius 1 is 1.08 bits per heavy atom. The standard InChI is InChI=1S/C27H27BrN2O8/c1-5-8-17-11-16(13-20(28)24(17)38-15-23(31)35-4)12-19-25(32)29-27(34)30(26(19)33)21-14-18(36-6-2)9-10-22(21)37-7-3/h5,9-14H,1,6-8,15H2,2-4H3,(H,29,32,34)/b19-12+. The normalized spacial score (nSPS) is 14.3. The summed E-state index contributed by atoms with van der Waals surface area (Å²) in [5, 5.41) is 2.21. The Labute approximate surface area is 228 Å². The van der Waals surface area contributed by atoms with Crippen molar-refractivity contribution in [1.29, 1.82) is 0 Å². The van der Waals surface area contributed by atoms with Gasteiger partial charge in [-0.1, -0.05) is 6.08 Å². The molecule has 0 aliphatic carbocycles. The summed E-state index contributed by atoms with van der Waals surface area (Å²) < 4.78 is 21.8. The van der Waals surface area contributed by atoms with Crippen LogP contribution in [0.1, 0.15) is 25.0 Å². The number of hydrogen-bond acceptors (Lipinski definition) is 8. The number of barbiturate groups is 1. The molecule has 2 aromatic carbocycles. The quantitative estimate of drug-likeness (QED) is 0.180. The lowest BCUT2D eigenvalue weighted by atomic mass is 10.0. The van der Waals surface area contributed by atoms with E-state index in [2.05, 4.69) is 32.6 Å². The fraction of sp³-hybridized carbons (Fsp3) is 0.259. The lowest BCUT2D eigenvalue weighted by Gasteiger charge is -2.28. The van der Waals surface area contributed by atoms with Crippen LogP contribution in [0, 0.1) is 0 Å². The zero-order valence-electron chi connectivity index (χ0n) is 21.2. The van der Waals surface area contributed by atoms with Gasteiger partial charge in [0, 0.05) is 6.07 Å². The molecule has 38 heavy (non-hydrogen) atoms. The number of urea groups is 1. The van der Waals surface area contributed by atoms with Crippen molar-refractivity contribution in [3.05, 3.63) is 64.2 Å². The number of ether oxygens (including phenoxy) is 4. The van der Waals surface area contributed by atoms with E-state index < -0.39 is 23.8 Å². The Morgan fingerprint density at radius 2 is 1.82 bits per heavy atom. The molecule has 10 nitrogen and oxygen atoms in total. The van der Waals surface area contributed by atoms with Crippen LogP contribution in [-0.4, -0.2) is 50.7 Å². The maximum Gasteiger partial charge on any atom is 0.343 e. The minimum Gasteiger partial charge on any atom is -0.494 e. The van der Waals surface area contributed by atoms with Crippen LogP contribution in [0.3, 0.4) is 0 Å². The number of hydrogen-bond donors (Lipinski definition) is 1. The van der Waals surface area contributed by atoms with Crippen molar-refractivity contribution in [3.8, 4) is 17.2 Å². The molecule has 4 amide bonds. The number of imide groups is 2. The predicted octanol–water partition coefficient (Wildman–Crippen LogP) is 4.19. The third-order valence-corrected chi connectivity index (χ3v) is 5.85. The molecule has 0 aromatic heterocycles. The highest BCUT2D eigenvalue weighted by atomic mass is 79.9. The van der Waals surface area contributed by atoms with Crippen molar-refractivity contribution < 1.29 is 38.1 Å². The van der Waals surface area contributed by atoms with E-state index in [-0.39, 0.29) is 30.2 Å². The second-order valence-corrected chi connectivity index (χ2v) is 8.66. The van der Waals surface area contributed by atoms with Crippen molar-refractivity contribution >= 4 is 51.5 Å². The lowest BCUT2D eigenvalue weighted by molar-refractivity contribution is -0.143. The van der Waals surface area contributed by atoms with Crippen LogP contribution in [-0.2, 0) is 25.5 Å². The SMILES string of the molecule is C=CCc1cc(/C=C2\C(=O)NC(=O)N(c3cc(OCC)ccc3OCC)C2=O)cc(Br)c1OCC(=O)OC. The number of halogens is 1. The Kier molecular flexibility index (Phi) is 9.66. The number of methoxy groups -OCH3 is 1. The molecule has 0 unspecified atom stereocenters. The van der Waals surface area contributed by atoms with Gasteiger partial charge >= 0.3 is 12.0 Å². The van der Waals surface area contributed by atoms with Gasteiger partial charge in [0.15, 0.2) is 6.61 Å². The number of carbonyl (C=O) groups excluding carboxylic acids is 4. The van der Waals surface area contributed by atoms with Crippen LogP contribution in [0.25, 0.3) is 6.08 Å². The van der Waals surface area contributed by atoms with Crippen LogP contribution in [0.4, 0.5) is 10.5 Å². The number of esters is 1. The van der Waals surface area contributed by atoms with Gasteiger partial charge in [0.1, 0.15) is 22.8 Å². The van der Waals surface area contributed by atoms with Gasteiger partial charge in [-0.2, -0.15) is 0 Å². The third kappa shape index (κ3) is 6.41. The van der Waals surface area contributed by atoms with Crippen LogP contribution in [0.15, 0.2) is 53.0 Å². The van der Waals surface area contributed by atoms with Gasteiger partial charge in [0.2, 0.25) is 0 Å². The summed E-state index contributed by atoms with van der Waals surface area (Å²) >= 11 is 3.42. The fourth-order valence-corrected chi connectivity index (χ4v) is 4.30. The molecule has 1 N–H and O–H groups in total. The Hall–Kier alpha value is -4.12. The van der Waals surface area contributed by atoms with Gasteiger partial charge in [-0.3, -0.25) is 14.9 Å². The Morgan fingerprint density at radius 3 is 2.47 bits per heavy atom. The lowest BCUT2D eigenvalue weighted by Crippen LogP contribution is -2.54. The minimum absolute atomic E-state index is 0.138. The molecule has 3 rings (SSSR count). The van der Waals surface area contributed by atoms with Crippen molar-refractivity contribution in [2.45, 2.75) is 20.3 Å². The molecule has 1 saturated heterocycles. The molecule has 0 spiro atoms. The van der Waals surface area contributed by atoms with Gasteiger partial charge < -0.3 is 18.9 Å². The first kappa shape index (κ1) is 28.5. The molecule has 1 aliphatic rings. The Bertz CT molecular complexity index is 1300. The molecule has 1 heterocycles. The largest absolute Gasteiger partial charge is 0.494 e. The number of allylic oxidation sites excluding steroid dienone is 1. The molecule has 1 fully saturated rings. The highest BCUT2D eigenvalue weighted by Crippen LogP contribution is 2.36. The number of nitrogens with one attached hydrogen (secondary N) is 1. The molecule has 0 bridgehead atoms. The molecular formula is C27H27BrN2O8. The summed E-state index contributed by atoms with van der Waals surface area (Å²) in [5.41, 5.74) is 0.983. The van der Waals surface area contributed by atoms with E-state index in [4.69, 9.17) is 14.2 Å². The summed E-state index contributed by atoms with van der Waals surface area (Å²) in [6.45, 7) is 7.67. The maximum absolute atomic E-state index is 13.5. The zero-order valence-corrected chi connectivity index (χ0v) is 22.8. The average Bonchev–Trinajstić information content (AvgIpc) is 2.87. The van der Waals surface area contributed by atoms with E-state index in [1.165, 1.54) is 19.3 Å². The maximum atomic E-state index is 13.5.